The van der Waals surface area contributed by atoms with Gasteiger partial charge in [0.1, 0.15) is 0 Å². The van der Waals surface area contributed by atoms with E-state index >= 15 is 0 Å². The molecule has 2 rings (SSSR count). The Balaban J connectivity index is 1.86. The predicted molar refractivity (Wildman–Crippen MR) is 65.0 cm³/mol. The van der Waals surface area contributed by atoms with Crippen molar-refractivity contribution in [2.75, 3.05) is 26.2 Å². The van der Waals surface area contributed by atoms with Crippen LogP contribution in [0.3, 0.4) is 0 Å². The van der Waals surface area contributed by atoms with Gasteiger partial charge < -0.3 is 5.32 Å². The molecule has 2 saturated heterocycles. The molecule has 0 aromatic carbocycles. The molecular formula is C13H26N2. The van der Waals surface area contributed by atoms with Gasteiger partial charge in [-0.2, -0.15) is 0 Å². The molecule has 2 aliphatic heterocycles. The summed E-state index contributed by atoms with van der Waals surface area (Å²) in [6.45, 7) is 12.2. The summed E-state index contributed by atoms with van der Waals surface area (Å²) in [4.78, 5) is 2.67. The smallest absolute Gasteiger partial charge is 0.0125 e. The van der Waals surface area contributed by atoms with Gasteiger partial charge in [0.15, 0.2) is 0 Å². The van der Waals surface area contributed by atoms with Gasteiger partial charge in [0, 0.05) is 12.1 Å². The SMILES string of the molecule is CC(C)(C)N1CCC(C2CCNCC2)C1. The van der Waals surface area contributed by atoms with Crippen molar-refractivity contribution in [2.45, 2.75) is 45.6 Å². The molecule has 1 N–H and O–H groups in total. The van der Waals surface area contributed by atoms with Gasteiger partial charge in [0.25, 0.3) is 0 Å². The Morgan fingerprint density at radius 1 is 1.00 bits per heavy atom. The number of piperidine rings is 1. The summed E-state index contributed by atoms with van der Waals surface area (Å²) in [7, 11) is 0. The number of likely N-dealkylation sites (tertiary alicyclic amines) is 1. The first-order chi connectivity index (χ1) is 7.07. The van der Waals surface area contributed by atoms with Crippen LogP contribution in [-0.4, -0.2) is 36.6 Å². The van der Waals surface area contributed by atoms with E-state index < -0.39 is 0 Å². The van der Waals surface area contributed by atoms with Crippen LogP contribution in [0.15, 0.2) is 0 Å². The van der Waals surface area contributed by atoms with Gasteiger partial charge in [0.05, 0.1) is 0 Å². The lowest BCUT2D eigenvalue weighted by molar-refractivity contribution is 0.155. The number of nitrogens with one attached hydrogen (secondary N) is 1. The summed E-state index contributed by atoms with van der Waals surface area (Å²) in [5.41, 5.74) is 0.377. The Labute approximate surface area is 94.4 Å². The molecule has 2 heterocycles. The van der Waals surface area contributed by atoms with E-state index in [1.165, 1.54) is 45.4 Å². The van der Waals surface area contributed by atoms with Gasteiger partial charge in [-0.15, -0.1) is 0 Å². The lowest BCUT2D eigenvalue weighted by atomic mass is 9.84. The minimum Gasteiger partial charge on any atom is -0.317 e. The maximum atomic E-state index is 3.47. The van der Waals surface area contributed by atoms with Crippen molar-refractivity contribution in [3.8, 4) is 0 Å². The van der Waals surface area contributed by atoms with Crippen LogP contribution in [0.4, 0.5) is 0 Å². The fraction of sp³-hybridized carbons (Fsp3) is 1.00. The van der Waals surface area contributed by atoms with E-state index in [1.807, 2.05) is 0 Å². The largest absolute Gasteiger partial charge is 0.317 e. The minimum atomic E-state index is 0.377. The second kappa shape index (κ2) is 4.42. The van der Waals surface area contributed by atoms with Crippen LogP contribution in [-0.2, 0) is 0 Å². The molecule has 0 aromatic heterocycles. The highest BCUT2D eigenvalue weighted by atomic mass is 15.2. The van der Waals surface area contributed by atoms with E-state index in [0.29, 0.717) is 5.54 Å². The van der Waals surface area contributed by atoms with E-state index in [2.05, 4.69) is 31.0 Å². The predicted octanol–water partition coefficient (Wildman–Crippen LogP) is 2.11. The van der Waals surface area contributed by atoms with E-state index in [9.17, 15) is 0 Å². The summed E-state index contributed by atoms with van der Waals surface area (Å²) in [5, 5.41) is 3.47. The fourth-order valence-corrected chi connectivity index (χ4v) is 3.10. The van der Waals surface area contributed by atoms with Crippen molar-refractivity contribution >= 4 is 0 Å². The Hall–Kier alpha value is -0.0800. The monoisotopic (exact) mass is 210 g/mol. The molecule has 1 atom stereocenters. The van der Waals surface area contributed by atoms with Crippen LogP contribution < -0.4 is 5.32 Å². The van der Waals surface area contributed by atoms with Crippen molar-refractivity contribution in [2.24, 2.45) is 11.8 Å². The van der Waals surface area contributed by atoms with E-state index in [-0.39, 0.29) is 0 Å². The average Bonchev–Trinajstić information content (AvgIpc) is 2.67. The molecule has 0 spiro atoms. The molecule has 15 heavy (non-hydrogen) atoms. The minimum absolute atomic E-state index is 0.377. The summed E-state index contributed by atoms with van der Waals surface area (Å²) < 4.78 is 0. The number of hydrogen-bond donors (Lipinski definition) is 1. The Morgan fingerprint density at radius 3 is 2.20 bits per heavy atom. The molecule has 2 aliphatic rings. The molecule has 2 nitrogen and oxygen atoms in total. The van der Waals surface area contributed by atoms with Crippen LogP contribution in [0, 0.1) is 11.8 Å². The molecular weight excluding hydrogens is 184 g/mol. The zero-order valence-corrected chi connectivity index (χ0v) is 10.6. The Morgan fingerprint density at radius 2 is 1.67 bits per heavy atom. The third kappa shape index (κ3) is 2.73. The fourth-order valence-electron chi connectivity index (χ4n) is 3.10. The highest BCUT2D eigenvalue weighted by molar-refractivity contribution is 4.88. The highest BCUT2D eigenvalue weighted by Gasteiger charge is 2.34. The molecule has 0 aromatic rings. The first-order valence-corrected chi connectivity index (χ1v) is 6.53. The summed E-state index contributed by atoms with van der Waals surface area (Å²) >= 11 is 0. The first kappa shape index (κ1) is 11.4. The topological polar surface area (TPSA) is 15.3 Å². The van der Waals surface area contributed by atoms with Crippen LogP contribution in [0.25, 0.3) is 0 Å². The van der Waals surface area contributed by atoms with Gasteiger partial charge >= 0.3 is 0 Å². The first-order valence-electron chi connectivity index (χ1n) is 6.53. The quantitative estimate of drug-likeness (QED) is 0.713. The molecule has 0 radical (unpaired) electrons. The number of rotatable bonds is 1. The average molecular weight is 210 g/mol. The van der Waals surface area contributed by atoms with Crippen molar-refractivity contribution in [1.29, 1.82) is 0 Å². The zero-order valence-electron chi connectivity index (χ0n) is 10.6. The Bertz CT molecular complexity index is 201. The van der Waals surface area contributed by atoms with Gasteiger partial charge in [-0.3, -0.25) is 4.90 Å². The number of hydrogen-bond acceptors (Lipinski definition) is 2. The molecule has 88 valence electrons. The highest BCUT2D eigenvalue weighted by Crippen LogP contribution is 2.33. The number of nitrogens with zero attached hydrogens (tertiary/aromatic N) is 1. The second-order valence-corrected chi connectivity index (χ2v) is 6.25. The molecule has 0 aliphatic carbocycles. The third-order valence-corrected chi connectivity index (χ3v) is 4.22. The second-order valence-electron chi connectivity index (χ2n) is 6.25. The van der Waals surface area contributed by atoms with Gasteiger partial charge in [-0.25, -0.2) is 0 Å². The molecule has 0 bridgehead atoms. The van der Waals surface area contributed by atoms with Gasteiger partial charge in [-0.05, 0) is 71.5 Å². The Kier molecular flexibility index (Phi) is 3.36. The lowest BCUT2D eigenvalue weighted by Crippen LogP contribution is -2.40. The molecule has 0 saturated carbocycles. The van der Waals surface area contributed by atoms with Crippen LogP contribution in [0.2, 0.25) is 0 Å². The van der Waals surface area contributed by atoms with Gasteiger partial charge in [-0.1, -0.05) is 0 Å². The molecule has 2 fully saturated rings. The van der Waals surface area contributed by atoms with Crippen molar-refractivity contribution in [1.82, 2.24) is 10.2 Å². The van der Waals surface area contributed by atoms with Crippen molar-refractivity contribution in [3.05, 3.63) is 0 Å². The van der Waals surface area contributed by atoms with Crippen molar-refractivity contribution < 1.29 is 0 Å². The summed E-state index contributed by atoms with van der Waals surface area (Å²) in [5.74, 6) is 1.98. The van der Waals surface area contributed by atoms with E-state index in [1.54, 1.807) is 0 Å². The summed E-state index contributed by atoms with van der Waals surface area (Å²) in [6.07, 6.45) is 4.24. The van der Waals surface area contributed by atoms with Crippen molar-refractivity contribution in [3.63, 3.8) is 0 Å². The van der Waals surface area contributed by atoms with Crippen LogP contribution in [0.1, 0.15) is 40.0 Å². The van der Waals surface area contributed by atoms with Crippen LogP contribution >= 0.6 is 0 Å². The standard InChI is InChI=1S/C13H26N2/c1-13(2,3)15-9-6-12(10-15)11-4-7-14-8-5-11/h11-12,14H,4-10H2,1-3H3. The zero-order chi connectivity index (χ0) is 10.9. The van der Waals surface area contributed by atoms with E-state index in [0.717, 1.165) is 11.8 Å². The molecule has 2 heteroatoms. The lowest BCUT2D eigenvalue weighted by Gasteiger charge is -2.33. The molecule has 1 unspecified atom stereocenters. The van der Waals surface area contributed by atoms with Crippen LogP contribution in [0.5, 0.6) is 0 Å². The van der Waals surface area contributed by atoms with E-state index in [4.69, 9.17) is 0 Å². The third-order valence-electron chi connectivity index (χ3n) is 4.22. The maximum Gasteiger partial charge on any atom is 0.0125 e. The molecule has 0 amide bonds. The normalized spacial score (nSPS) is 31.0. The summed E-state index contributed by atoms with van der Waals surface area (Å²) in [6, 6.07) is 0. The maximum absolute atomic E-state index is 3.47. The van der Waals surface area contributed by atoms with Gasteiger partial charge in [0.2, 0.25) is 0 Å².